The van der Waals surface area contributed by atoms with Gasteiger partial charge < -0.3 is 14.7 Å². The zero-order valence-electron chi connectivity index (χ0n) is 17.0. The summed E-state index contributed by atoms with van der Waals surface area (Å²) in [5.41, 5.74) is 2.73. The van der Waals surface area contributed by atoms with E-state index in [1.165, 1.54) is 11.6 Å². The fraction of sp³-hybridized carbons (Fsp3) is 0.292. The molecule has 0 aliphatic carbocycles. The summed E-state index contributed by atoms with van der Waals surface area (Å²) in [6.07, 6.45) is 0.668. The summed E-state index contributed by atoms with van der Waals surface area (Å²) in [6.45, 7) is 3.82. The quantitative estimate of drug-likeness (QED) is 0.676. The van der Waals surface area contributed by atoms with Gasteiger partial charge in [-0.3, -0.25) is 9.88 Å². The summed E-state index contributed by atoms with van der Waals surface area (Å²) in [5.74, 6) is 0.536. The minimum absolute atomic E-state index is 0.316. The molecule has 0 spiro atoms. The molecular formula is C24H26FN3O2. The van der Waals surface area contributed by atoms with E-state index in [2.05, 4.69) is 16.0 Å². The summed E-state index contributed by atoms with van der Waals surface area (Å²) >= 11 is 0. The van der Waals surface area contributed by atoms with E-state index in [1.54, 1.807) is 37.6 Å². The third kappa shape index (κ3) is 4.45. The molecular weight excluding hydrogens is 381 g/mol. The van der Waals surface area contributed by atoms with Crippen molar-refractivity contribution in [1.29, 1.82) is 0 Å². The molecule has 0 amide bonds. The average Bonchev–Trinajstić information content (AvgIpc) is 2.80. The minimum Gasteiger partial charge on any atom is -0.497 e. The van der Waals surface area contributed by atoms with Gasteiger partial charge in [-0.2, -0.15) is 0 Å². The molecule has 0 bridgehead atoms. The van der Waals surface area contributed by atoms with Crippen molar-refractivity contribution in [3.8, 4) is 5.75 Å². The van der Waals surface area contributed by atoms with E-state index >= 15 is 0 Å². The van der Waals surface area contributed by atoms with Crippen molar-refractivity contribution in [1.82, 2.24) is 9.88 Å². The number of benzene rings is 2. The van der Waals surface area contributed by atoms with E-state index in [1.807, 2.05) is 29.2 Å². The third-order valence-corrected chi connectivity index (χ3v) is 5.51. The van der Waals surface area contributed by atoms with Gasteiger partial charge in [0, 0.05) is 44.5 Å². The molecule has 0 radical (unpaired) electrons. The van der Waals surface area contributed by atoms with E-state index in [0.717, 1.165) is 25.4 Å². The molecule has 2 heterocycles. The maximum absolute atomic E-state index is 14.8. The standard InChI is InChI=1S/C24H26FN3O2/c1-30-19-7-4-6-18(16-19)17-27-12-14-28(15-13-27)23-20(8-5-9-21(23)25)24(29)22-10-2-3-11-26-22/h2-11,16,24,29H,12-15,17H2,1H3. The van der Waals surface area contributed by atoms with Gasteiger partial charge in [0.05, 0.1) is 18.5 Å². The van der Waals surface area contributed by atoms with Crippen LogP contribution in [0.2, 0.25) is 0 Å². The number of aromatic nitrogens is 1. The Kier molecular flexibility index (Phi) is 6.26. The normalized spacial score (nSPS) is 15.8. The second-order valence-corrected chi connectivity index (χ2v) is 7.45. The lowest BCUT2D eigenvalue weighted by Crippen LogP contribution is -2.46. The number of aliphatic hydroxyl groups excluding tert-OH is 1. The van der Waals surface area contributed by atoms with Gasteiger partial charge in [-0.05, 0) is 35.9 Å². The number of nitrogens with zero attached hydrogens (tertiary/aromatic N) is 3. The Bertz CT molecular complexity index is 975. The second-order valence-electron chi connectivity index (χ2n) is 7.45. The Morgan fingerprint density at radius 1 is 1.03 bits per heavy atom. The van der Waals surface area contributed by atoms with E-state index in [4.69, 9.17) is 4.74 Å². The van der Waals surface area contributed by atoms with Gasteiger partial charge in [-0.25, -0.2) is 4.39 Å². The Morgan fingerprint density at radius 2 is 1.83 bits per heavy atom. The number of piperazine rings is 1. The fourth-order valence-corrected chi connectivity index (χ4v) is 3.94. The summed E-state index contributed by atoms with van der Waals surface area (Å²) in [5, 5.41) is 10.8. The average molecular weight is 407 g/mol. The molecule has 4 rings (SSSR count). The van der Waals surface area contributed by atoms with Crippen molar-refractivity contribution >= 4 is 5.69 Å². The lowest BCUT2D eigenvalue weighted by Gasteiger charge is -2.37. The molecule has 1 unspecified atom stereocenters. The van der Waals surface area contributed by atoms with Crippen LogP contribution in [0.15, 0.2) is 66.9 Å². The molecule has 1 saturated heterocycles. The van der Waals surface area contributed by atoms with Crippen LogP contribution in [0, 0.1) is 5.82 Å². The second kappa shape index (κ2) is 9.24. The highest BCUT2D eigenvalue weighted by Crippen LogP contribution is 2.33. The van der Waals surface area contributed by atoms with Crippen molar-refractivity contribution < 1.29 is 14.2 Å². The Hall–Kier alpha value is -2.96. The van der Waals surface area contributed by atoms with Crippen LogP contribution in [-0.4, -0.2) is 48.3 Å². The zero-order chi connectivity index (χ0) is 20.9. The topological polar surface area (TPSA) is 48.8 Å². The molecule has 30 heavy (non-hydrogen) atoms. The first-order chi connectivity index (χ1) is 14.7. The number of pyridine rings is 1. The number of anilines is 1. The zero-order valence-corrected chi connectivity index (χ0v) is 17.0. The summed E-state index contributed by atoms with van der Waals surface area (Å²) in [7, 11) is 1.67. The number of hydrogen-bond donors (Lipinski definition) is 1. The lowest BCUT2D eigenvalue weighted by molar-refractivity contribution is 0.213. The van der Waals surface area contributed by atoms with E-state index in [0.29, 0.717) is 30.0 Å². The van der Waals surface area contributed by atoms with Crippen molar-refractivity contribution in [3.63, 3.8) is 0 Å². The molecule has 156 valence electrons. The van der Waals surface area contributed by atoms with Gasteiger partial charge in [-0.1, -0.05) is 30.3 Å². The van der Waals surface area contributed by atoms with Gasteiger partial charge >= 0.3 is 0 Å². The molecule has 1 aliphatic rings. The predicted molar refractivity (Wildman–Crippen MR) is 115 cm³/mol. The van der Waals surface area contributed by atoms with Crippen molar-refractivity contribution in [3.05, 3.63) is 89.5 Å². The summed E-state index contributed by atoms with van der Waals surface area (Å²) < 4.78 is 20.1. The first-order valence-electron chi connectivity index (χ1n) is 10.1. The first-order valence-corrected chi connectivity index (χ1v) is 10.1. The van der Waals surface area contributed by atoms with Gasteiger partial charge in [-0.15, -0.1) is 0 Å². The fourth-order valence-electron chi connectivity index (χ4n) is 3.94. The smallest absolute Gasteiger partial charge is 0.146 e. The van der Waals surface area contributed by atoms with Crippen LogP contribution in [-0.2, 0) is 6.54 Å². The molecule has 0 saturated carbocycles. The van der Waals surface area contributed by atoms with Crippen LogP contribution in [0.1, 0.15) is 22.9 Å². The molecule has 1 aromatic heterocycles. The molecule has 3 aromatic rings. The van der Waals surface area contributed by atoms with Gasteiger partial charge in [0.15, 0.2) is 0 Å². The molecule has 1 atom stereocenters. The van der Waals surface area contributed by atoms with Crippen LogP contribution in [0.3, 0.4) is 0 Å². The van der Waals surface area contributed by atoms with Crippen LogP contribution < -0.4 is 9.64 Å². The number of hydrogen-bond acceptors (Lipinski definition) is 5. The molecule has 1 aliphatic heterocycles. The first kappa shape index (κ1) is 20.3. The lowest BCUT2D eigenvalue weighted by atomic mass is 10.0. The van der Waals surface area contributed by atoms with Crippen LogP contribution in [0.25, 0.3) is 0 Å². The SMILES string of the molecule is COc1cccc(CN2CCN(c3c(F)cccc3C(O)c3ccccn3)CC2)c1. The Morgan fingerprint density at radius 3 is 2.57 bits per heavy atom. The maximum Gasteiger partial charge on any atom is 0.146 e. The van der Waals surface area contributed by atoms with Crippen molar-refractivity contribution in [2.24, 2.45) is 0 Å². The Labute approximate surface area is 176 Å². The summed E-state index contributed by atoms with van der Waals surface area (Å²) in [6, 6.07) is 18.3. The third-order valence-electron chi connectivity index (χ3n) is 5.51. The highest BCUT2D eigenvalue weighted by molar-refractivity contribution is 5.57. The van der Waals surface area contributed by atoms with Crippen LogP contribution in [0.5, 0.6) is 5.75 Å². The number of rotatable bonds is 6. The van der Waals surface area contributed by atoms with Crippen LogP contribution in [0.4, 0.5) is 10.1 Å². The number of ether oxygens (including phenoxy) is 1. The number of halogens is 1. The van der Waals surface area contributed by atoms with Crippen molar-refractivity contribution in [2.75, 3.05) is 38.2 Å². The number of methoxy groups -OCH3 is 1. The molecule has 6 heteroatoms. The van der Waals surface area contributed by atoms with Crippen molar-refractivity contribution in [2.45, 2.75) is 12.6 Å². The number of para-hydroxylation sites is 1. The van der Waals surface area contributed by atoms with E-state index < -0.39 is 6.10 Å². The highest BCUT2D eigenvalue weighted by Gasteiger charge is 2.25. The van der Waals surface area contributed by atoms with Crippen LogP contribution >= 0.6 is 0 Å². The largest absolute Gasteiger partial charge is 0.497 e. The van der Waals surface area contributed by atoms with Gasteiger partial charge in [0.2, 0.25) is 0 Å². The molecule has 2 aromatic carbocycles. The summed E-state index contributed by atoms with van der Waals surface area (Å²) in [4.78, 5) is 8.61. The highest BCUT2D eigenvalue weighted by atomic mass is 19.1. The predicted octanol–water partition coefficient (Wildman–Crippen LogP) is 3.63. The molecule has 1 N–H and O–H groups in total. The maximum atomic E-state index is 14.8. The molecule has 5 nitrogen and oxygen atoms in total. The van der Waals surface area contributed by atoms with E-state index in [-0.39, 0.29) is 5.82 Å². The minimum atomic E-state index is -0.966. The van der Waals surface area contributed by atoms with Gasteiger partial charge in [0.25, 0.3) is 0 Å². The monoisotopic (exact) mass is 407 g/mol. The van der Waals surface area contributed by atoms with Gasteiger partial charge in [0.1, 0.15) is 17.7 Å². The Balaban J connectivity index is 1.48. The molecule has 1 fully saturated rings. The number of aliphatic hydroxyl groups is 1. The van der Waals surface area contributed by atoms with E-state index in [9.17, 15) is 9.50 Å².